The van der Waals surface area contributed by atoms with Crippen LogP contribution >= 0.6 is 0 Å². The van der Waals surface area contributed by atoms with Gasteiger partial charge in [-0.1, -0.05) is 6.07 Å². The van der Waals surface area contributed by atoms with E-state index in [0.717, 1.165) is 50.9 Å². The third kappa shape index (κ3) is 3.48. The Hall–Kier alpha value is -1.30. The van der Waals surface area contributed by atoms with E-state index >= 15 is 0 Å². The third-order valence-corrected chi connectivity index (χ3v) is 4.19. The number of hydrogen-bond acceptors (Lipinski definition) is 5. The van der Waals surface area contributed by atoms with Crippen LogP contribution in [-0.2, 0) is 11.3 Å². The van der Waals surface area contributed by atoms with Gasteiger partial charge in [0.05, 0.1) is 13.2 Å². The standard InChI is InChI=1S/C16H24N2O3/c1-16(2,18-5-7-19-8-6-18)11-17-10-13-3-4-14-15(9-13)21-12-20-14/h3-4,9,17H,5-8,10-12H2,1-2H3. The van der Waals surface area contributed by atoms with Crippen LogP contribution in [0.5, 0.6) is 11.5 Å². The first kappa shape index (κ1) is 14.6. The molecule has 1 aromatic rings. The van der Waals surface area contributed by atoms with E-state index in [1.807, 2.05) is 6.07 Å². The lowest BCUT2D eigenvalue weighted by Gasteiger charge is -2.41. The molecular formula is C16H24N2O3. The van der Waals surface area contributed by atoms with Gasteiger partial charge in [0.1, 0.15) is 0 Å². The molecule has 21 heavy (non-hydrogen) atoms. The van der Waals surface area contributed by atoms with Crippen LogP contribution in [0.1, 0.15) is 19.4 Å². The highest BCUT2D eigenvalue weighted by Gasteiger charge is 2.27. The van der Waals surface area contributed by atoms with Gasteiger partial charge in [0, 0.05) is 31.7 Å². The fourth-order valence-corrected chi connectivity index (χ4v) is 2.84. The Labute approximate surface area is 126 Å². The van der Waals surface area contributed by atoms with Crippen molar-refractivity contribution in [3.63, 3.8) is 0 Å². The van der Waals surface area contributed by atoms with Crippen molar-refractivity contribution in [2.24, 2.45) is 0 Å². The molecule has 0 unspecified atom stereocenters. The second-order valence-corrected chi connectivity index (χ2v) is 6.20. The summed E-state index contributed by atoms with van der Waals surface area (Å²) in [6.07, 6.45) is 0. The molecule has 1 aromatic carbocycles. The zero-order chi connectivity index (χ0) is 14.7. The number of nitrogens with zero attached hydrogens (tertiary/aromatic N) is 1. The summed E-state index contributed by atoms with van der Waals surface area (Å²) >= 11 is 0. The SMILES string of the molecule is CC(C)(CNCc1ccc2c(c1)OCO2)N1CCOCC1. The number of rotatable bonds is 5. The lowest BCUT2D eigenvalue weighted by molar-refractivity contribution is -0.00966. The van der Waals surface area contributed by atoms with Crippen LogP contribution in [0.25, 0.3) is 0 Å². The molecule has 0 spiro atoms. The van der Waals surface area contributed by atoms with Crippen molar-refractivity contribution in [3.05, 3.63) is 23.8 Å². The number of morpholine rings is 1. The average molecular weight is 292 g/mol. The van der Waals surface area contributed by atoms with Crippen molar-refractivity contribution in [2.75, 3.05) is 39.6 Å². The summed E-state index contributed by atoms with van der Waals surface area (Å²) < 4.78 is 16.2. The molecule has 2 aliphatic heterocycles. The summed E-state index contributed by atoms with van der Waals surface area (Å²) in [6, 6.07) is 6.12. The Balaban J connectivity index is 1.51. The van der Waals surface area contributed by atoms with E-state index in [1.54, 1.807) is 0 Å². The van der Waals surface area contributed by atoms with Crippen LogP contribution in [0, 0.1) is 0 Å². The van der Waals surface area contributed by atoms with Crippen LogP contribution in [0.15, 0.2) is 18.2 Å². The van der Waals surface area contributed by atoms with Gasteiger partial charge in [0.2, 0.25) is 6.79 Å². The maximum Gasteiger partial charge on any atom is 0.231 e. The Kier molecular flexibility index (Phi) is 4.33. The Morgan fingerprint density at radius 2 is 1.90 bits per heavy atom. The highest BCUT2D eigenvalue weighted by atomic mass is 16.7. The summed E-state index contributed by atoms with van der Waals surface area (Å²) in [5.41, 5.74) is 1.36. The van der Waals surface area contributed by atoms with Gasteiger partial charge in [-0.2, -0.15) is 0 Å². The summed E-state index contributed by atoms with van der Waals surface area (Å²) in [5, 5.41) is 3.55. The number of fused-ring (bicyclic) bond motifs is 1. The molecule has 0 radical (unpaired) electrons. The van der Waals surface area contributed by atoms with Crippen LogP contribution in [-0.4, -0.2) is 50.1 Å². The summed E-state index contributed by atoms with van der Waals surface area (Å²) in [4.78, 5) is 2.49. The zero-order valence-corrected chi connectivity index (χ0v) is 12.9. The molecular weight excluding hydrogens is 268 g/mol. The minimum Gasteiger partial charge on any atom is -0.454 e. The molecule has 1 fully saturated rings. The first-order valence-corrected chi connectivity index (χ1v) is 7.57. The number of ether oxygens (including phenoxy) is 3. The molecule has 116 valence electrons. The number of hydrogen-bond donors (Lipinski definition) is 1. The molecule has 0 aromatic heterocycles. The normalized spacial score (nSPS) is 19.0. The van der Waals surface area contributed by atoms with Crippen molar-refractivity contribution >= 4 is 0 Å². The van der Waals surface area contributed by atoms with Crippen LogP contribution in [0.3, 0.4) is 0 Å². The maximum absolute atomic E-state index is 5.42. The largest absolute Gasteiger partial charge is 0.454 e. The van der Waals surface area contributed by atoms with Gasteiger partial charge in [-0.05, 0) is 31.5 Å². The van der Waals surface area contributed by atoms with E-state index in [9.17, 15) is 0 Å². The fraction of sp³-hybridized carbons (Fsp3) is 0.625. The summed E-state index contributed by atoms with van der Waals surface area (Å²) in [5.74, 6) is 1.69. The van der Waals surface area contributed by atoms with Gasteiger partial charge in [-0.15, -0.1) is 0 Å². The van der Waals surface area contributed by atoms with Gasteiger partial charge < -0.3 is 19.5 Å². The Morgan fingerprint density at radius 1 is 1.14 bits per heavy atom. The quantitative estimate of drug-likeness (QED) is 0.893. The molecule has 1 N–H and O–H groups in total. The smallest absolute Gasteiger partial charge is 0.231 e. The van der Waals surface area contributed by atoms with Crippen molar-refractivity contribution in [1.82, 2.24) is 10.2 Å². The monoisotopic (exact) mass is 292 g/mol. The Bertz CT molecular complexity index is 484. The van der Waals surface area contributed by atoms with E-state index in [-0.39, 0.29) is 5.54 Å². The van der Waals surface area contributed by atoms with Crippen LogP contribution in [0.4, 0.5) is 0 Å². The molecule has 5 heteroatoms. The average Bonchev–Trinajstić information content (AvgIpc) is 2.95. The van der Waals surface area contributed by atoms with Crippen molar-refractivity contribution in [2.45, 2.75) is 25.9 Å². The molecule has 0 saturated carbocycles. The van der Waals surface area contributed by atoms with Crippen LogP contribution < -0.4 is 14.8 Å². The Morgan fingerprint density at radius 3 is 2.71 bits per heavy atom. The van der Waals surface area contributed by atoms with Crippen molar-refractivity contribution < 1.29 is 14.2 Å². The second-order valence-electron chi connectivity index (χ2n) is 6.20. The first-order chi connectivity index (χ1) is 10.1. The van der Waals surface area contributed by atoms with E-state index in [0.29, 0.717) is 6.79 Å². The highest BCUT2D eigenvalue weighted by molar-refractivity contribution is 5.44. The predicted molar refractivity (Wildman–Crippen MR) is 80.7 cm³/mol. The molecule has 1 saturated heterocycles. The lowest BCUT2D eigenvalue weighted by atomic mass is 10.0. The molecule has 2 heterocycles. The highest BCUT2D eigenvalue weighted by Crippen LogP contribution is 2.32. The van der Waals surface area contributed by atoms with Crippen molar-refractivity contribution in [3.8, 4) is 11.5 Å². The topological polar surface area (TPSA) is 43.0 Å². The molecule has 3 rings (SSSR count). The third-order valence-electron chi connectivity index (χ3n) is 4.19. The summed E-state index contributed by atoms with van der Waals surface area (Å²) in [7, 11) is 0. The van der Waals surface area contributed by atoms with Gasteiger partial charge in [-0.25, -0.2) is 0 Å². The van der Waals surface area contributed by atoms with Crippen molar-refractivity contribution in [1.29, 1.82) is 0 Å². The van der Waals surface area contributed by atoms with Gasteiger partial charge in [0.25, 0.3) is 0 Å². The van der Waals surface area contributed by atoms with Gasteiger partial charge in [-0.3, -0.25) is 4.90 Å². The zero-order valence-electron chi connectivity index (χ0n) is 12.9. The lowest BCUT2D eigenvalue weighted by Crippen LogP contribution is -2.54. The molecule has 5 nitrogen and oxygen atoms in total. The van der Waals surface area contributed by atoms with Gasteiger partial charge in [0.15, 0.2) is 11.5 Å². The van der Waals surface area contributed by atoms with E-state index in [4.69, 9.17) is 14.2 Å². The number of nitrogens with one attached hydrogen (secondary N) is 1. The minimum absolute atomic E-state index is 0.139. The van der Waals surface area contributed by atoms with E-state index in [2.05, 4.69) is 36.2 Å². The fourth-order valence-electron chi connectivity index (χ4n) is 2.84. The first-order valence-electron chi connectivity index (χ1n) is 7.57. The van der Waals surface area contributed by atoms with E-state index < -0.39 is 0 Å². The number of benzene rings is 1. The summed E-state index contributed by atoms with van der Waals surface area (Å²) in [6.45, 7) is 10.4. The maximum atomic E-state index is 5.42. The minimum atomic E-state index is 0.139. The molecule has 0 atom stereocenters. The predicted octanol–water partition coefficient (Wildman–Crippen LogP) is 1.62. The molecule has 0 amide bonds. The molecule has 0 aliphatic carbocycles. The molecule has 2 aliphatic rings. The van der Waals surface area contributed by atoms with Crippen LogP contribution in [0.2, 0.25) is 0 Å². The van der Waals surface area contributed by atoms with E-state index in [1.165, 1.54) is 5.56 Å². The second kappa shape index (κ2) is 6.22. The molecule has 0 bridgehead atoms. The van der Waals surface area contributed by atoms with Gasteiger partial charge >= 0.3 is 0 Å².